The second-order valence-corrected chi connectivity index (χ2v) is 8.33. The summed E-state index contributed by atoms with van der Waals surface area (Å²) >= 11 is 5.81. The fourth-order valence-electron chi connectivity index (χ4n) is 2.91. The van der Waals surface area contributed by atoms with Crippen LogP contribution in [0.2, 0.25) is 5.15 Å². The Labute approximate surface area is 192 Å². The van der Waals surface area contributed by atoms with E-state index in [2.05, 4.69) is 20.6 Å². The first-order valence-corrected chi connectivity index (χ1v) is 10.6. The maximum absolute atomic E-state index is 12.3. The summed E-state index contributed by atoms with van der Waals surface area (Å²) in [5.41, 5.74) is 12.2. The van der Waals surface area contributed by atoms with Crippen molar-refractivity contribution < 1.29 is 18.8 Å². The molecule has 0 radical (unpaired) electrons. The van der Waals surface area contributed by atoms with Crippen LogP contribution in [0.25, 0.3) is 0 Å². The summed E-state index contributed by atoms with van der Waals surface area (Å²) in [4.78, 5) is 32.1. The van der Waals surface area contributed by atoms with Crippen LogP contribution in [-0.2, 0) is 11.2 Å². The molecule has 1 heterocycles. The predicted octanol–water partition coefficient (Wildman–Crippen LogP) is 0.858. The molecule has 0 saturated carbocycles. The molecule has 1 aromatic heterocycles. The molecule has 2 aromatic rings. The first-order chi connectivity index (χ1) is 15.1. The molecule has 0 aliphatic carbocycles. The van der Waals surface area contributed by atoms with Gasteiger partial charge in [-0.05, 0) is 24.1 Å². The fourth-order valence-corrected chi connectivity index (χ4v) is 3.04. The Morgan fingerprint density at radius 3 is 2.28 bits per heavy atom. The van der Waals surface area contributed by atoms with Crippen molar-refractivity contribution in [2.45, 2.75) is 12.8 Å². The van der Waals surface area contributed by atoms with Crippen molar-refractivity contribution in [3.63, 3.8) is 0 Å². The van der Waals surface area contributed by atoms with E-state index in [0.717, 1.165) is 11.3 Å². The molecular weight excluding hydrogens is 434 g/mol. The highest BCUT2D eigenvalue weighted by Gasteiger charge is 2.19. The molecule has 0 unspecified atom stereocenters. The van der Waals surface area contributed by atoms with E-state index < -0.39 is 5.91 Å². The molecule has 0 atom stereocenters. The molecule has 0 aliphatic rings. The number of halogens is 1. The average molecular weight is 465 g/mol. The van der Waals surface area contributed by atoms with Crippen LogP contribution in [0.15, 0.2) is 24.3 Å². The van der Waals surface area contributed by atoms with Crippen LogP contribution >= 0.6 is 11.6 Å². The zero-order valence-corrected chi connectivity index (χ0v) is 19.4. The van der Waals surface area contributed by atoms with Gasteiger partial charge in [0.05, 0.1) is 47.4 Å². The minimum atomic E-state index is -0.469. The Morgan fingerprint density at radius 2 is 1.66 bits per heavy atom. The number of hydrogen-bond acceptors (Lipinski definition) is 7. The number of hydrogen-bond donors (Lipinski definition) is 4. The fraction of sp³-hybridized carbons (Fsp3) is 0.429. The molecule has 0 fully saturated rings. The monoisotopic (exact) mass is 464 g/mol. The van der Waals surface area contributed by atoms with Gasteiger partial charge in [-0.2, -0.15) is 0 Å². The number of nitrogen functional groups attached to an aromatic ring is 2. The van der Waals surface area contributed by atoms with Gasteiger partial charge in [0.2, 0.25) is 5.91 Å². The molecule has 174 valence electrons. The summed E-state index contributed by atoms with van der Waals surface area (Å²) in [5, 5.41) is 5.64. The third kappa shape index (κ3) is 7.86. The SMILES string of the molecule is COc1ccc(CCC(=O)NCC[N+](C)(C)CCNC(=O)c2nc(Cl)c(N)nc2N)cc1. The number of anilines is 2. The summed E-state index contributed by atoms with van der Waals surface area (Å²) in [6, 6.07) is 7.68. The Kier molecular flexibility index (Phi) is 9.03. The molecule has 0 aliphatic heterocycles. The molecule has 0 spiro atoms. The van der Waals surface area contributed by atoms with Crippen molar-refractivity contribution >= 4 is 35.1 Å². The highest BCUT2D eigenvalue weighted by Crippen LogP contribution is 2.17. The molecule has 1 aromatic carbocycles. The molecule has 10 nitrogen and oxygen atoms in total. The Bertz CT molecular complexity index is 936. The van der Waals surface area contributed by atoms with Gasteiger partial charge in [-0.25, -0.2) is 9.97 Å². The first-order valence-electron chi connectivity index (χ1n) is 10.2. The molecular formula is C21H31ClN7O3+. The lowest BCUT2D eigenvalue weighted by Gasteiger charge is -2.30. The number of methoxy groups -OCH3 is 1. The van der Waals surface area contributed by atoms with E-state index in [4.69, 9.17) is 27.8 Å². The number of nitrogens with two attached hydrogens (primary N) is 2. The van der Waals surface area contributed by atoms with Crippen molar-refractivity contribution in [2.24, 2.45) is 0 Å². The maximum atomic E-state index is 12.3. The number of rotatable bonds is 11. The summed E-state index contributed by atoms with van der Waals surface area (Å²) in [5.74, 6) is 0.232. The number of carbonyl (C=O) groups excluding carboxylic acids is 2. The zero-order valence-electron chi connectivity index (χ0n) is 18.7. The Balaban J connectivity index is 1.68. The average Bonchev–Trinajstić information content (AvgIpc) is 2.74. The van der Waals surface area contributed by atoms with Gasteiger partial charge in [0, 0.05) is 6.42 Å². The van der Waals surface area contributed by atoms with Crippen molar-refractivity contribution in [1.82, 2.24) is 20.6 Å². The number of likely N-dealkylation sites (N-methyl/N-ethyl adjacent to an activating group) is 1. The molecule has 6 N–H and O–H groups in total. The van der Waals surface area contributed by atoms with Crippen LogP contribution in [0, 0.1) is 0 Å². The van der Waals surface area contributed by atoms with E-state index in [1.807, 2.05) is 38.4 Å². The van der Waals surface area contributed by atoms with Gasteiger partial charge < -0.3 is 31.3 Å². The van der Waals surface area contributed by atoms with E-state index in [1.54, 1.807) is 7.11 Å². The number of quaternary nitrogens is 1. The zero-order chi connectivity index (χ0) is 23.7. The summed E-state index contributed by atoms with van der Waals surface area (Å²) in [7, 11) is 5.66. The minimum absolute atomic E-state index is 0.00315. The molecule has 11 heteroatoms. The Morgan fingerprint density at radius 1 is 1.03 bits per heavy atom. The van der Waals surface area contributed by atoms with Gasteiger partial charge in [-0.1, -0.05) is 23.7 Å². The maximum Gasteiger partial charge on any atom is 0.273 e. The second kappa shape index (κ2) is 11.5. The number of benzene rings is 1. The van der Waals surface area contributed by atoms with Gasteiger partial charge in [0.15, 0.2) is 22.5 Å². The Hall–Kier alpha value is -3.11. The highest BCUT2D eigenvalue weighted by atomic mass is 35.5. The quantitative estimate of drug-likeness (QED) is 0.361. The van der Waals surface area contributed by atoms with Crippen LogP contribution in [0.1, 0.15) is 22.5 Å². The smallest absolute Gasteiger partial charge is 0.273 e. The minimum Gasteiger partial charge on any atom is -0.497 e. The van der Waals surface area contributed by atoms with Crippen molar-refractivity contribution in [2.75, 3.05) is 58.9 Å². The molecule has 2 rings (SSSR count). The summed E-state index contributed by atoms with van der Waals surface area (Å²) < 4.78 is 5.73. The van der Waals surface area contributed by atoms with Gasteiger partial charge in [-0.15, -0.1) is 0 Å². The van der Waals surface area contributed by atoms with E-state index in [-0.39, 0.29) is 28.4 Å². The topological polar surface area (TPSA) is 145 Å². The van der Waals surface area contributed by atoms with Gasteiger partial charge in [-0.3, -0.25) is 9.59 Å². The van der Waals surface area contributed by atoms with E-state index in [0.29, 0.717) is 43.5 Å². The lowest BCUT2D eigenvalue weighted by molar-refractivity contribution is -0.887. The van der Waals surface area contributed by atoms with Crippen LogP contribution in [0.3, 0.4) is 0 Å². The number of nitrogens with one attached hydrogen (secondary N) is 2. The van der Waals surface area contributed by atoms with Crippen LogP contribution in [-0.4, -0.2) is 73.6 Å². The highest BCUT2D eigenvalue weighted by molar-refractivity contribution is 6.31. The number of amides is 2. The van der Waals surface area contributed by atoms with Crippen molar-refractivity contribution in [3.05, 3.63) is 40.7 Å². The molecule has 2 amide bonds. The number of carbonyl (C=O) groups is 2. The van der Waals surface area contributed by atoms with Crippen molar-refractivity contribution in [3.8, 4) is 5.75 Å². The summed E-state index contributed by atoms with van der Waals surface area (Å²) in [6.07, 6.45) is 1.09. The number of aromatic nitrogens is 2. The van der Waals surface area contributed by atoms with Crippen LogP contribution in [0.4, 0.5) is 11.6 Å². The first kappa shape index (κ1) is 25.2. The van der Waals surface area contributed by atoms with Gasteiger partial charge >= 0.3 is 0 Å². The molecule has 0 bridgehead atoms. The van der Waals surface area contributed by atoms with E-state index >= 15 is 0 Å². The lowest BCUT2D eigenvalue weighted by atomic mass is 10.1. The summed E-state index contributed by atoms with van der Waals surface area (Å²) in [6.45, 7) is 2.28. The lowest BCUT2D eigenvalue weighted by Crippen LogP contribution is -2.49. The van der Waals surface area contributed by atoms with Crippen LogP contribution in [0.5, 0.6) is 5.75 Å². The number of nitrogens with zero attached hydrogens (tertiary/aromatic N) is 3. The number of aryl methyl sites for hydroxylation is 1. The van der Waals surface area contributed by atoms with Gasteiger partial charge in [0.25, 0.3) is 5.91 Å². The van der Waals surface area contributed by atoms with E-state index in [9.17, 15) is 9.59 Å². The normalized spacial score (nSPS) is 11.1. The van der Waals surface area contributed by atoms with E-state index in [1.165, 1.54) is 0 Å². The van der Waals surface area contributed by atoms with Crippen molar-refractivity contribution in [1.29, 1.82) is 0 Å². The molecule has 32 heavy (non-hydrogen) atoms. The third-order valence-corrected chi connectivity index (χ3v) is 5.24. The molecule has 0 saturated heterocycles. The number of ether oxygens (including phenoxy) is 1. The largest absolute Gasteiger partial charge is 0.497 e. The standard InChI is InChI=1S/C21H30ClN7O3/c1-29(2,13-11-26-21(31)17-19(23)28-20(24)18(22)27-17)12-10-25-16(30)9-6-14-4-7-15(32-3)8-5-14/h4-5,7-8H,6,9-13H2,1-3H3,(H5-,23,24,25,26,28,30,31)/p+1. The van der Waals surface area contributed by atoms with Gasteiger partial charge in [0.1, 0.15) is 5.75 Å². The second-order valence-electron chi connectivity index (χ2n) is 7.97. The van der Waals surface area contributed by atoms with Crippen LogP contribution < -0.4 is 26.8 Å². The third-order valence-electron chi connectivity index (χ3n) is 4.96. The predicted molar refractivity (Wildman–Crippen MR) is 124 cm³/mol.